The van der Waals surface area contributed by atoms with E-state index in [1.807, 2.05) is 30.3 Å². The van der Waals surface area contributed by atoms with Gasteiger partial charge in [0.05, 0.1) is 11.6 Å². The highest BCUT2D eigenvalue weighted by Crippen LogP contribution is 2.21. The molecule has 8 heteroatoms. The number of carbonyl (C=O) groups is 1. The Morgan fingerprint density at radius 2 is 1.24 bits per heavy atom. The van der Waals surface area contributed by atoms with E-state index in [1.165, 1.54) is 48.5 Å². The van der Waals surface area contributed by atoms with Gasteiger partial charge in [-0.1, -0.05) is 31.9 Å². The lowest BCUT2D eigenvalue weighted by Crippen LogP contribution is -2.05. The standard InChI is InChI=1S/C13H9BrFNO.C7H4FN.C6H6BrN/c14-9-3-6-12(16)11(7-9)13(17)8-1-4-10(15)5-2-8;8-7-3-1-6(5-9)2-4-7;7-5-1-3-6(8)4-2-5/h1-7H,16H2;1-4H;1-4H,8H2. The third-order valence-corrected chi connectivity index (χ3v) is 5.23. The molecule has 0 aliphatic carbocycles. The van der Waals surface area contributed by atoms with Gasteiger partial charge in [0, 0.05) is 31.4 Å². The second-order valence-corrected chi connectivity index (χ2v) is 8.57. The first-order valence-electron chi connectivity index (χ1n) is 9.71. The summed E-state index contributed by atoms with van der Waals surface area (Å²) in [6, 6.07) is 25.3. The Bertz CT molecular complexity index is 1250. The van der Waals surface area contributed by atoms with Gasteiger partial charge in [0.2, 0.25) is 0 Å². The van der Waals surface area contributed by atoms with Crippen LogP contribution < -0.4 is 11.5 Å². The molecule has 0 aliphatic heterocycles. The van der Waals surface area contributed by atoms with Crippen molar-refractivity contribution >= 4 is 49.0 Å². The van der Waals surface area contributed by atoms with Gasteiger partial charge >= 0.3 is 0 Å². The van der Waals surface area contributed by atoms with Crippen LogP contribution in [-0.2, 0) is 0 Å². The van der Waals surface area contributed by atoms with E-state index in [2.05, 4.69) is 31.9 Å². The number of rotatable bonds is 2. The number of nitriles is 1. The normalized spacial score (nSPS) is 9.50. The fraction of sp³-hybridized carbons (Fsp3) is 0. The molecule has 4 rings (SSSR count). The molecule has 0 radical (unpaired) electrons. The second kappa shape index (κ2) is 13.2. The van der Waals surface area contributed by atoms with Gasteiger partial charge in [0.1, 0.15) is 11.6 Å². The number of carbonyl (C=O) groups excluding carboxylic acids is 1. The van der Waals surface area contributed by atoms with E-state index in [0.717, 1.165) is 14.6 Å². The molecular weight excluding hydrogens is 568 g/mol. The van der Waals surface area contributed by atoms with Gasteiger partial charge in [-0.2, -0.15) is 5.26 Å². The lowest BCUT2D eigenvalue weighted by Gasteiger charge is -2.05. The van der Waals surface area contributed by atoms with Gasteiger partial charge < -0.3 is 11.5 Å². The van der Waals surface area contributed by atoms with Crippen LogP contribution in [0.15, 0.2) is 99.9 Å². The molecule has 0 saturated heterocycles. The fourth-order valence-corrected chi connectivity index (χ4v) is 3.09. The second-order valence-electron chi connectivity index (χ2n) is 6.74. The summed E-state index contributed by atoms with van der Waals surface area (Å²) in [7, 11) is 0. The minimum absolute atomic E-state index is 0.219. The highest BCUT2D eigenvalue weighted by molar-refractivity contribution is 9.10. The van der Waals surface area contributed by atoms with Crippen LogP contribution in [0.25, 0.3) is 0 Å². The number of ketones is 1. The Labute approximate surface area is 213 Å². The minimum atomic E-state index is -0.372. The first-order valence-corrected chi connectivity index (χ1v) is 11.3. The zero-order chi connectivity index (χ0) is 25.1. The molecule has 0 fully saturated rings. The zero-order valence-electron chi connectivity index (χ0n) is 17.7. The summed E-state index contributed by atoms with van der Waals surface area (Å²) < 4.78 is 26.7. The van der Waals surface area contributed by atoms with Crippen molar-refractivity contribution in [2.24, 2.45) is 0 Å². The molecule has 4 nitrogen and oxygen atoms in total. The topological polar surface area (TPSA) is 92.9 Å². The number of nitrogens with two attached hydrogens (primary N) is 2. The molecule has 0 aliphatic rings. The number of nitrogen functional groups attached to an aromatic ring is 2. The Kier molecular flexibility index (Phi) is 10.4. The molecule has 4 aromatic rings. The first-order chi connectivity index (χ1) is 16.2. The van der Waals surface area contributed by atoms with Crippen molar-refractivity contribution in [1.82, 2.24) is 0 Å². The predicted molar refractivity (Wildman–Crippen MR) is 138 cm³/mol. The van der Waals surface area contributed by atoms with Crippen molar-refractivity contribution in [1.29, 1.82) is 5.26 Å². The smallest absolute Gasteiger partial charge is 0.195 e. The van der Waals surface area contributed by atoms with E-state index in [-0.39, 0.29) is 17.4 Å². The molecule has 172 valence electrons. The van der Waals surface area contributed by atoms with Crippen molar-refractivity contribution in [3.8, 4) is 6.07 Å². The first kappa shape index (κ1) is 26.7. The summed E-state index contributed by atoms with van der Waals surface area (Å²) >= 11 is 6.57. The predicted octanol–water partition coefficient (Wildman–Crippen LogP) is 7.13. The van der Waals surface area contributed by atoms with Crippen LogP contribution >= 0.6 is 31.9 Å². The van der Waals surface area contributed by atoms with Crippen LogP contribution in [0, 0.1) is 23.0 Å². The SMILES string of the molecule is N#Cc1ccc(F)cc1.Nc1ccc(Br)cc1.Nc1ccc(Br)cc1C(=O)c1ccc(F)cc1. The van der Waals surface area contributed by atoms with Crippen molar-refractivity contribution < 1.29 is 13.6 Å². The molecule has 34 heavy (non-hydrogen) atoms. The van der Waals surface area contributed by atoms with E-state index < -0.39 is 0 Å². The van der Waals surface area contributed by atoms with Gasteiger partial charge in [-0.05, 0) is 91.0 Å². The highest BCUT2D eigenvalue weighted by Gasteiger charge is 2.12. The number of hydrogen-bond donors (Lipinski definition) is 2. The monoisotopic (exact) mass is 585 g/mol. The van der Waals surface area contributed by atoms with Crippen LogP contribution in [-0.4, -0.2) is 5.78 Å². The quantitative estimate of drug-likeness (QED) is 0.193. The molecule has 4 aromatic carbocycles. The minimum Gasteiger partial charge on any atom is -0.399 e. The van der Waals surface area contributed by atoms with Crippen LogP contribution in [0.2, 0.25) is 0 Å². The summed E-state index contributed by atoms with van der Waals surface area (Å²) in [5.74, 6) is -0.901. The zero-order valence-corrected chi connectivity index (χ0v) is 20.9. The number of anilines is 2. The van der Waals surface area contributed by atoms with Crippen molar-refractivity contribution in [3.05, 3.63) is 128 Å². The molecule has 0 spiro atoms. The largest absolute Gasteiger partial charge is 0.399 e. The maximum Gasteiger partial charge on any atom is 0.195 e. The summed E-state index contributed by atoms with van der Waals surface area (Å²) in [4.78, 5) is 12.1. The maximum absolute atomic E-state index is 12.8. The van der Waals surface area contributed by atoms with Crippen LogP contribution in [0.3, 0.4) is 0 Å². The van der Waals surface area contributed by atoms with E-state index in [4.69, 9.17) is 16.7 Å². The van der Waals surface area contributed by atoms with Crippen LogP contribution in [0.1, 0.15) is 21.5 Å². The summed E-state index contributed by atoms with van der Waals surface area (Å²) in [6.07, 6.45) is 0. The molecule has 0 aromatic heterocycles. The van der Waals surface area contributed by atoms with E-state index in [1.54, 1.807) is 18.2 Å². The van der Waals surface area contributed by atoms with Crippen molar-refractivity contribution in [3.63, 3.8) is 0 Å². The van der Waals surface area contributed by atoms with Gasteiger partial charge in [0.15, 0.2) is 5.78 Å². The molecule has 0 amide bonds. The Balaban J connectivity index is 0.000000201. The van der Waals surface area contributed by atoms with Crippen molar-refractivity contribution in [2.45, 2.75) is 0 Å². The van der Waals surface area contributed by atoms with Gasteiger partial charge in [-0.25, -0.2) is 8.78 Å². The fourth-order valence-electron chi connectivity index (χ4n) is 2.47. The molecule has 0 saturated carbocycles. The molecule has 0 atom stereocenters. The third kappa shape index (κ3) is 8.77. The molecule has 0 unspecified atom stereocenters. The Morgan fingerprint density at radius 3 is 1.74 bits per heavy atom. The maximum atomic E-state index is 12.8. The molecule has 4 N–H and O–H groups in total. The van der Waals surface area contributed by atoms with E-state index >= 15 is 0 Å². The third-order valence-electron chi connectivity index (χ3n) is 4.21. The summed E-state index contributed by atoms with van der Waals surface area (Å²) in [5, 5.41) is 8.26. The summed E-state index contributed by atoms with van der Waals surface area (Å²) in [6.45, 7) is 0. The van der Waals surface area contributed by atoms with Crippen molar-refractivity contribution in [2.75, 3.05) is 11.5 Å². The van der Waals surface area contributed by atoms with Crippen LogP contribution in [0.4, 0.5) is 20.2 Å². The average Bonchev–Trinajstić information content (AvgIpc) is 2.84. The number of halogens is 4. The summed E-state index contributed by atoms with van der Waals surface area (Å²) in [5.41, 5.74) is 13.7. The van der Waals surface area contributed by atoms with E-state index in [9.17, 15) is 13.6 Å². The molecule has 0 bridgehead atoms. The molecular formula is C26H19Br2F2N3O. The van der Waals surface area contributed by atoms with E-state index in [0.29, 0.717) is 22.4 Å². The lowest BCUT2D eigenvalue weighted by atomic mass is 10.0. The Morgan fingerprint density at radius 1 is 0.735 bits per heavy atom. The number of benzene rings is 4. The number of nitrogens with zero attached hydrogens (tertiary/aromatic N) is 1. The number of hydrogen-bond acceptors (Lipinski definition) is 4. The Hall–Kier alpha value is -3.54. The average molecular weight is 587 g/mol. The molecule has 0 heterocycles. The van der Waals surface area contributed by atoms with Gasteiger partial charge in [-0.15, -0.1) is 0 Å². The highest BCUT2D eigenvalue weighted by atomic mass is 79.9. The lowest BCUT2D eigenvalue weighted by molar-refractivity contribution is 0.103. The van der Waals surface area contributed by atoms with Crippen LogP contribution in [0.5, 0.6) is 0 Å². The van der Waals surface area contributed by atoms with Gasteiger partial charge in [-0.3, -0.25) is 4.79 Å². The van der Waals surface area contributed by atoms with Gasteiger partial charge in [0.25, 0.3) is 0 Å².